The number of carbonyl (C=O) groups excluding carboxylic acids is 1. The predicted octanol–water partition coefficient (Wildman–Crippen LogP) is 6.31. The zero-order valence-electron chi connectivity index (χ0n) is 18.3. The second-order valence-corrected chi connectivity index (χ2v) is 8.35. The lowest BCUT2D eigenvalue weighted by molar-refractivity contribution is 0.0977. The fourth-order valence-corrected chi connectivity index (χ4v) is 3.60. The van der Waals surface area contributed by atoms with Gasteiger partial charge in [0.05, 0.1) is 0 Å². The van der Waals surface area contributed by atoms with E-state index in [2.05, 4.69) is 48.5 Å². The van der Waals surface area contributed by atoms with Crippen molar-refractivity contribution in [2.45, 2.75) is 33.1 Å². The van der Waals surface area contributed by atoms with Gasteiger partial charge in [-0.3, -0.25) is 10.1 Å². The molecule has 4 aromatic rings. The third-order valence-corrected chi connectivity index (χ3v) is 5.50. The van der Waals surface area contributed by atoms with Gasteiger partial charge >= 0.3 is 0 Å². The summed E-state index contributed by atoms with van der Waals surface area (Å²) in [5, 5.41) is 6.01. The Morgan fingerprint density at radius 2 is 1.84 bits per heavy atom. The van der Waals surface area contributed by atoms with Gasteiger partial charge < -0.3 is 9.73 Å². The second-order valence-electron chi connectivity index (χ2n) is 7.94. The van der Waals surface area contributed by atoms with E-state index in [1.807, 2.05) is 42.5 Å². The molecule has 6 heteroatoms. The summed E-state index contributed by atoms with van der Waals surface area (Å²) in [7, 11) is 0. The van der Waals surface area contributed by atoms with Crippen LogP contribution in [-0.4, -0.2) is 16.0 Å². The summed E-state index contributed by atoms with van der Waals surface area (Å²) in [5.74, 6) is 0.713. The quantitative estimate of drug-likeness (QED) is 0.354. The number of benzene rings is 3. The monoisotopic (exact) mass is 443 g/mol. The average molecular weight is 444 g/mol. The van der Waals surface area contributed by atoms with Gasteiger partial charge in [-0.2, -0.15) is 0 Å². The Balaban J connectivity index is 1.47. The number of hydrogen-bond donors (Lipinski definition) is 2. The fraction of sp³-hybridized carbons (Fsp3) is 0.192. The van der Waals surface area contributed by atoms with Gasteiger partial charge in [0.1, 0.15) is 5.52 Å². The summed E-state index contributed by atoms with van der Waals surface area (Å²) in [4.78, 5) is 17.1. The molecule has 5 nitrogen and oxygen atoms in total. The molecule has 0 radical (unpaired) electrons. The molecule has 0 spiro atoms. The van der Waals surface area contributed by atoms with Gasteiger partial charge in [-0.25, -0.2) is 4.98 Å². The molecule has 0 aliphatic heterocycles. The van der Waals surface area contributed by atoms with Gasteiger partial charge in [0.2, 0.25) is 5.89 Å². The van der Waals surface area contributed by atoms with Gasteiger partial charge in [0.25, 0.3) is 5.91 Å². The summed E-state index contributed by atoms with van der Waals surface area (Å²) in [6.07, 6.45) is 0.928. The maximum absolute atomic E-state index is 12.4. The second kappa shape index (κ2) is 9.32. The van der Waals surface area contributed by atoms with Crippen molar-refractivity contribution in [3.8, 4) is 11.5 Å². The number of hydrogen-bond acceptors (Lipinski definition) is 4. The summed E-state index contributed by atoms with van der Waals surface area (Å²) in [5.41, 5.74) is 6.10. The number of anilines is 1. The van der Waals surface area contributed by atoms with E-state index < -0.39 is 0 Å². The number of rotatable bonds is 5. The molecule has 0 aliphatic carbocycles. The van der Waals surface area contributed by atoms with Crippen LogP contribution in [0.15, 0.2) is 71.1 Å². The highest BCUT2D eigenvalue weighted by molar-refractivity contribution is 7.80. The largest absolute Gasteiger partial charge is 0.436 e. The van der Waals surface area contributed by atoms with Crippen molar-refractivity contribution in [1.29, 1.82) is 0 Å². The number of aromatic nitrogens is 1. The molecule has 1 aromatic heterocycles. The number of nitrogens with one attached hydrogen (secondary N) is 2. The summed E-state index contributed by atoms with van der Waals surface area (Å²) in [6, 6.07) is 21.2. The lowest BCUT2D eigenvalue weighted by Gasteiger charge is -2.10. The van der Waals surface area contributed by atoms with Crippen LogP contribution in [-0.2, 0) is 6.42 Å². The number of carbonyl (C=O) groups is 1. The van der Waals surface area contributed by atoms with Crippen molar-refractivity contribution in [2.24, 2.45) is 0 Å². The van der Waals surface area contributed by atoms with E-state index in [0.29, 0.717) is 17.4 Å². The van der Waals surface area contributed by atoms with Crippen LogP contribution in [0, 0.1) is 0 Å². The molecular formula is C26H25N3O2S. The van der Waals surface area contributed by atoms with Crippen LogP contribution in [0.4, 0.5) is 5.69 Å². The van der Waals surface area contributed by atoms with Crippen molar-refractivity contribution in [1.82, 2.24) is 10.3 Å². The van der Waals surface area contributed by atoms with E-state index in [0.717, 1.165) is 28.8 Å². The first-order chi connectivity index (χ1) is 15.4. The number of thiocarbonyl (C=S) groups is 1. The van der Waals surface area contributed by atoms with Crippen LogP contribution >= 0.6 is 12.2 Å². The van der Waals surface area contributed by atoms with Gasteiger partial charge in [0, 0.05) is 16.8 Å². The number of nitrogens with zero attached hydrogens (tertiary/aromatic N) is 1. The van der Waals surface area contributed by atoms with Crippen LogP contribution in [0.1, 0.15) is 48.2 Å². The summed E-state index contributed by atoms with van der Waals surface area (Å²) in [6.45, 7) is 6.38. The molecule has 32 heavy (non-hydrogen) atoms. The van der Waals surface area contributed by atoms with Crippen LogP contribution < -0.4 is 10.6 Å². The highest BCUT2D eigenvalue weighted by Gasteiger charge is 2.12. The zero-order chi connectivity index (χ0) is 22.7. The lowest BCUT2D eigenvalue weighted by Crippen LogP contribution is -2.34. The Morgan fingerprint density at radius 1 is 1.06 bits per heavy atom. The zero-order valence-corrected chi connectivity index (χ0v) is 19.1. The highest BCUT2D eigenvalue weighted by Crippen LogP contribution is 2.28. The molecule has 0 fully saturated rings. The van der Waals surface area contributed by atoms with E-state index in [9.17, 15) is 4.79 Å². The summed E-state index contributed by atoms with van der Waals surface area (Å²) >= 11 is 5.33. The average Bonchev–Trinajstić information content (AvgIpc) is 3.22. The Labute approximate surface area is 192 Å². The molecule has 0 atom stereocenters. The van der Waals surface area contributed by atoms with E-state index in [1.54, 1.807) is 12.1 Å². The molecule has 1 amide bonds. The minimum atomic E-state index is -0.249. The first-order valence-corrected chi connectivity index (χ1v) is 11.1. The van der Waals surface area contributed by atoms with Gasteiger partial charge in [-0.15, -0.1) is 0 Å². The van der Waals surface area contributed by atoms with Crippen LogP contribution in [0.2, 0.25) is 0 Å². The van der Waals surface area contributed by atoms with Crippen molar-refractivity contribution >= 4 is 40.0 Å². The lowest BCUT2D eigenvalue weighted by atomic mass is 10.0. The van der Waals surface area contributed by atoms with E-state index in [-0.39, 0.29) is 11.0 Å². The van der Waals surface area contributed by atoms with E-state index in [1.165, 1.54) is 11.1 Å². The fourth-order valence-electron chi connectivity index (χ4n) is 3.39. The van der Waals surface area contributed by atoms with Crippen molar-refractivity contribution in [3.05, 3.63) is 83.4 Å². The van der Waals surface area contributed by atoms with Crippen LogP contribution in [0.25, 0.3) is 22.6 Å². The highest BCUT2D eigenvalue weighted by atomic mass is 32.1. The predicted molar refractivity (Wildman–Crippen MR) is 133 cm³/mol. The minimum Gasteiger partial charge on any atom is -0.436 e. The molecule has 0 saturated heterocycles. The smallest absolute Gasteiger partial charge is 0.257 e. The molecule has 162 valence electrons. The van der Waals surface area contributed by atoms with Crippen LogP contribution in [0.5, 0.6) is 0 Å². The Morgan fingerprint density at radius 3 is 2.56 bits per heavy atom. The first-order valence-electron chi connectivity index (χ1n) is 10.6. The van der Waals surface area contributed by atoms with Gasteiger partial charge in [0.15, 0.2) is 10.7 Å². The standard InChI is InChI=1S/C26H25N3O2S/c1-4-17-8-10-18(11-9-17)24(30)29-26(32)27-21-7-5-6-20(14-21)25-28-22-15-19(16(2)3)12-13-23(22)31-25/h5-16H,4H2,1-3H3,(H2,27,29,30,32). The molecule has 0 aliphatic rings. The minimum absolute atomic E-state index is 0.228. The molecule has 1 heterocycles. The molecule has 0 unspecified atom stereocenters. The van der Waals surface area contributed by atoms with Crippen LogP contribution in [0.3, 0.4) is 0 Å². The molecule has 0 saturated carbocycles. The summed E-state index contributed by atoms with van der Waals surface area (Å²) < 4.78 is 5.95. The maximum Gasteiger partial charge on any atom is 0.257 e. The number of fused-ring (bicyclic) bond motifs is 1. The first kappa shape index (κ1) is 21.7. The van der Waals surface area contributed by atoms with Gasteiger partial charge in [-0.1, -0.05) is 45.0 Å². The topological polar surface area (TPSA) is 67.2 Å². The van der Waals surface area contributed by atoms with Crippen molar-refractivity contribution in [2.75, 3.05) is 5.32 Å². The normalized spacial score (nSPS) is 11.0. The van der Waals surface area contributed by atoms with Gasteiger partial charge in [-0.05, 0) is 78.1 Å². The molecule has 3 aromatic carbocycles. The van der Waals surface area contributed by atoms with Crippen molar-refractivity contribution < 1.29 is 9.21 Å². The Bertz CT molecular complexity index is 1280. The number of aryl methyl sites for hydroxylation is 1. The molecule has 2 N–H and O–H groups in total. The third-order valence-electron chi connectivity index (χ3n) is 5.30. The SMILES string of the molecule is CCc1ccc(C(=O)NC(=S)Nc2cccc(-c3nc4cc(C(C)C)ccc4o3)c2)cc1. The van der Waals surface area contributed by atoms with Crippen molar-refractivity contribution in [3.63, 3.8) is 0 Å². The number of oxazole rings is 1. The van der Waals surface area contributed by atoms with E-state index >= 15 is 0 Å². The Kier molecular flexibility index (Phi) is 6.32. The Hall–Kier alpha value is -3.51. The van der Waals surface area contributed by atoms with E-state index in [4.69, 9.17) is 16.6 Å². The molecule has 0 bridgehead atoms. The molecule has 4 rings (SSSR count). The molecular weight excluding hydrogens is 418 g/mol. The maximum atomic E-state index is 12.4. The number of amides is 1. The third kappa shape index (κ3) is 4.86.